The largest absolute Gasteiger partial charge is 0.361 e. The van der Waals surface area contributed by atoms with Crippen LogP contribution in [-0.4, -0.2) is 21.9 Å². The minimum Gasteiger partial charge on any atom is -0.361 e. The molecule has 0 saturated heterocycles. The molecule has 5 N–H and O–H groups in total. The third-order valence-corrected chi connectivity index (χ3v) is 6.79. The van der Waals surface area contributed by atoms with Crippen molar-refractivity contribution in [3.05, 3.63) is 23.3 Å². The van der Waals surface area contributed by atoms with Gasteiger partial charge in [0, 0.05) is 6.42 Å². The zero-order chi connectivity index (χ0) is 24.1. The van der Waals surface area contributed by atoms with Crippen LogP contribution in [0.25, 0.3) is 0 Å². The molecule has 0 aliphatic heterocycles. The number of hydrazine groups is 1. The average molecular weight is 423 g/mol. The molecular formula is C25H46N2O3. The maximum atomic E-state index is 12.3. The number of carbonyl (C=O) groups is 1. The van der Waals surface area contributed by atoms with Crippen molar-refractivity contribution < 1.29 is 15.0 Å². The van der Waals surface area contributed by atoms with Crippen molar-refractivity contribution in [3.63, 3.8) is 0 Å². The van der Waals surface area contributed by atoms with Gasteiger partial charge in [0.1, 0.15) is 0 Å². The molecular weight excluding hydrogens is 376 g/mol. The van der Waals surface area contributed by atoms with Crippen molar-refractivity contribution in [2.24, 2.45) is 38.8 Å². The highest BCUT2D eigenvalue weighted by molar-refractivity contribution is 5.76. The lowest BCUT2D eigenvalue weighted by Gasteiger charge is -2.61. The van der Waals surface area contributed by atoms with Gasteiger partial charge in [0.2, 0.25) is 5.91 Å². The molecule has 0 spiro atoms. The summed E-state index contributed by atoms with van der Waals surface area (Å²) in [4.78, 5) is 12.3. The van der Waals surface area contributed by atoms with Gasteiger partial charge in [0.15, 0.2) is 5.79 Å². The fourth-order valence-corrected chi connectivity index (χ4v) is 5.58. The van der Waals surface area contributed by atoms with Crippen LogP contribution < -0.4 is 11.3 Å². The van der Waals surface area contributed by atoms with E-state index in [1.807, 2.05) is 32.9 Å². The smallest absolute Gasteiger partial charge is 0.234 e. The molecule has 0 fully saturated rings. The van der Waals surface area contributed by atoms with E-state index >= 15 is 0 Å². The van der Waals surface area contributed by atoms with Gasteiger partial charge in [-0.05, 0) is 38.7 Å². The molecule has 1 unspecified atom stereocenters. The van der Waals surface area contributed by atoms with Gasteiger partial charge in [-0.1, -0.05) is 95.2 Å². The van der Waals surface area contributed by atoms with Crippen LogP contribution in [0.1, 0.15) is 89.5 Å². The molecule has 0 bridgehead atoms. The Morgan fingerprint density at radius 1 is 0.967 bits per heavy atom. The van der Waals surface area contributed by atoms with E-state index in [0.717, 1.165) is 5.57 Å². The molecule has 0 aromatic heterocycles. The number of nitrogens with two attached hydrogens (primary N) is 1. The van der Waals surface area contributed by atoms with Crippen molar-refractivity contribution in [1.29, 1.82) is 0 Å². The standard InChI is InChI=1S/C25H46N2O3/c1-20(2,3)17(14-19(28)27-26)16-13-18(21(4,5)6)25(29,30)24(15-16,22(7,8)9)23(10,11)12/h13,15,17,29-30H,14,26H2,1-12H3,(H,27,28). The van der Waals surface area contributed by atoms with E-state index in [1.165, 1.54) is 0 Å². The average Bonchev–Trinajstić information content (AvgIpc) is 2.47. The Morgan fingerprint density at radius 2 is 1.40 bits per heavy atom. The van der Waals surface area contributed by atoms with Gasteiger partial charge in [-0.15, -0.1) is 0 Å². The Kier molecular flexibility index (Phi) is 6.94. The van der Waals surface area contributed by atoms with Crippen LogP contribution in [0.4, 0.5) is 0 Å². The van der Waals surface area contributed by atoms with E-state index in [9.17, 15) is 15.0 Å². The number of aliphatic hydroxyl groups is 2. The summed E-state index contributed by atoms with van der Waals surface area (Å²) in [6, 6.07) is 0. The summed E-state index contributed by atoms with van der Waals surface area (Å²) in [5, 5.41) is 23.7. The third kappa shape index (κ3) is 4.53. The van der Waals surface area contributed by atoms with Gasteiger partial charge < -0.3 is 10.2 Å². The number of hydrogen-bond donors (Lipinski definition) is 4. The summed E-state index contributed by atoms with van der Waals surface area (Å²) in [7, 11) is 0. The van der Waals surface area contributed by atoms with E-state index in [0.29, 0.717) is 5.57 Å². The molecule has 0 heterocycles. The van der Waals surface area contributed by atoms with Gasteiger partial charge in [-0.3, -0.25) is 10.2 Å². The highest BCUT2D eigenvalue weighted by atomic mass is 16.5. The Morgan fingerprint density at radius 3 is 1.70 bits per heavy atom. The Bertz CT molecular complexity index is 703. The first-order chi connectivity index (χ1) is 13.0. The van der Waals surface area contributed by atoms with Crippen LogP contribution in [0.15, 0.2) is 23.3 Å². The van der Waals surface area contributed by atoms with Crippen LogP contribution in [0.3, 0.4) is 0 Å². The van der Waals surface area contributed by atoms with Crippen LogP contribution in [-0.2, 0) is 4.79 Å². The zero-order valence-electron chi connectivity index (χ0n) is 21.3. The topological polar surface area (TPSA) is 95.6 Å². The summed E-state index contributed by atoms with van der Waals surface area (Å²) in [6.07, 6.45) is 4.19. The van der Waals surface area contributed by atoms with Crippen molar-refractivity contribution in [2.75, 3.05) is 0 Å². The predicted octanol–water partition coefficient (Wildman–Crippen LogP) is 4.70. The van der Waals surface area contributed by atoms with Crippen LogP contribution in [0, 0.1) is 33.0 Å². The summed E-state index contributed by atoms with van der Waals surface area (Å²) in [5.74, 6) is 2.99. The second kappa shape index (κ2) is 7.75. The minimum atomic E-state index is -2.05. The normalized spacial score (nSPS) is 20.9. The van der Waals surface area contributed by atoms with Crippen LogP contribution >= 0.6 is 0 Å². The van der Waals surface area contributed by atoms with Gasteiger partial charge in [0.05, 0.1) is 5.41 Å². The molecule has 0 saturated carbocycles. The summed E-state index contributed by atoms with van der Waals surface area (Å²) >= 11 is 0. The fraction of sp³-hybridized carbons (Fsp3) is 0.800. The number of hydrogen-bond acceptors (Lipinski definition) is 4. The molecule has 0 aromatic carbocycles. The second-order valence-electron chi connectivity index (χ2n) is 13.1. The quantitative estimate of drug-likeness (QED) is 0.229. The van der Waals surface area contributed by atoms with E-state index < -0.39 is 27.4 Å². The lowest BCUT2D eigenvalue weighted by atomic mass is 9.45. The van der Waals surface area contributed by atoms with Crippen molar-refractivity contribution in [1.82, 2.24) is 5.43 Å². The first kappa shape index (κ1) is 26.9. The molecule has 1 rings (SSSR count). The van der Waals surface area contributed by atoms with Gasteiger partial charge in [-0.2, -0.15) is 0 Å². The second-order valence-corrected chi connectivity index (χ2v) is 13.1. The summed E-state index contributed by atoms with van der Waals surface area (Å²) in [6.45, 7) is 24.6. The molecule has 1 atom stereocenters. The zero-order valence-corrected chi connectivity index (χ0v) is 21.3. The molecule has 5 heteroatoms. The summed E-state index contributed by atoms with van der Waals surface area (Å²) in [5.41, 5.74) is 1.11. The number of nitrogens with one attached hydrogen (secondary N) is 1. The number of rotatable bonds is 3. The van der Waals surface area contributed by atoms with Crippen molar-refractivity contribution >= 4 is 5.91 Å². The predicted molar refractivity (Wildman–Crippen MR) is 124 cm³/mol. The SMILES string of the molecule is CC(C)(C)C1=CC(C(CC(=O)NN)C(C)(C)C)=CC(C(C)(C)C)(C(C)(C)C)C1(O)O. The molecule has 5 nitrogen and oxygen atoms in total. The highest BCUT2D eigenvalue weighted by Gasteiger charge is 2.65. The lowest BCUT2D eigenvalue weighted by Crippen LogP contribution is -2.64. The molecule has 0 aromatic rings. The fourth-order valence-electron chi connectivity index (χ4n) is 5.58. The monoisotopic (exact) mass is 422 g/mol. The molecule has 174 valence electrons. The van der Waals surface area contributed by atoms with Crippen molar-refractivity contribution in [3.8, 4) is 0 Å². The maximum Gasteiger partial charge on any atom is 0.234 e. The Labute approximate surface area is 184 Å². The third-order valence-electron chi connectivity index (χ3n) is 6.79. The van der Waals surface area contributed by atoms with Gasteiger partial charge in [-0.25, -0.2) is 5.84 Å². The van der Waals surface area contributed by atoms with Crippen molar-refractivity contribution in [2.45, 2.75) is 95.3 Å². The van der Waals surface area contributed by atoms with E-state index in [-0.39, 0.29) is 23.7 Å². The molecule has 0 radical (unpaired) electrons. The van der Waals surface area contributed by atoms with E-state index in [4.69, 9.17) is 5.84 Å². The molecule has 30 heavy (non-hydrogen) atoms. The number of allylic oxidation sites excluding steroid dienone is 2. The van der Waals surface area contributed by atoms with Crippen LogP contribution in [0.5, 0.6) is 0 Å². The first-order valence-corrected chi connectivity index (χ1v) is 10.9. The van der Waals surface area contributed by atoms with Gasteiger partial charge >= 0.3 is 0 Å². The summed E-state index contributed by atoms with van der Waals surface area (Å²) < 4.78 is 0. The lowest BCUT2D eigenvalue weighted by molar-refractivity contribution is -0.269. The maximum absolute atomic E-state index is 12.3. The number of amides is 1. The molecule has 1 aliphatic rings. The van der Waals surface area contributed by atoms with E-state index in [2.05, 4.69) is 67.7 Å². The Balaban J connectivity index is 4.07. The van der Waals surface area contributed by atoms with Crippen LogP contribution in [0.2, 0.25) is 0 Å². The number of carbonyl (C=O) groups excluding carboxylic acids is 1. The molecule has 1 aliphatic carbocycles. The van der Waals surface area contributed by atoms with Gasteiger partial charge in [0.25, 0.3) is 0 Å². The van der Waals surface area contributed by atoms with E-state index in [1.54, 1.807) is 0 Å². The first-order valence-electron chi connectivity index (χ1n) is 10.9. The Hall–Kier alpha value is -1.17. The molecule has 1 amide bonds. The highest BCUT2D eigenvalue weighted by Crippen LogP contribution is 2.64. The minimum absolute atomic E-state index is 0.140.